The SMILES string of the molecule is CCNCc1ccc(OC)c(OCC(N)=O)c1. The third-order valence-electron chi connectivity index (χ3n) is 2.18. The average Bonchev–Trinajstić information content (AvgIpc) is 2.33. The number of carbonyl (C=O) groups is 1. The van der Waals surface area contributed by atoms with Crippen LogP contribution in [-0.4, -0.2) is 26.2 Å². The van der Waals surface area contributed by atoms with Gasteiger partial charge in [-0.05, 0) is 24.2 Å². The lowest BCUT2D eigenvalue weighted by Gasteiger charge is -2.11. The molecule has 1 amide bonds. The van der Waals surface area contributed by atoms with Crippen LogP contribution in [0.2, 0.25) is 0 Å². The number of amides is 1. The summed E-state index contributed by atoms with van der Waals surface area (Å²) in [5.74, 6) is 0.609. The van der Waals surface area contributed by atoms with Crippen LogP contribution in [0.3, 0.4) is 0 Å². The summed E-state index contributed by atoms with van der Waals surface area (Å²) in [4.78, 5) is 10.7. The Hall–Kier alpha value is -1.75. The van der Waals surface area contributed by atoms with E-state index in [1.807, 2.05) is 25.1 Å². The van der Waals surface area contributed by atoms with Gasteiger partial charge in [0.15, 0.2) is 18.1 Å². The van der Waals surface area contributed by atoms with Crippen LogP contribution >= 0.6 is 0 Å². The van der Waals surface area contributed by atoms with Crippen molar-refractivity contribution in [2.45, 2.75) is 13.5 Å². The standard InChI is InChI=1S/C12H18N2O3/c1-3-14-7-9-4-5-10(16-2)11(6-9)17-8-12(13)15/h4-6,14H,3,7-8H2,1-2H3,(H2,13,15). The van der Waals surface area contributed by atoms with E-state index in [-0.39, 0.29) is 6.61 Å². The normalized spacial score (nSPS) is 10.0. The Balaban J connectivity index is 2.78. The van der Waals surface area contributed by atoms with Crippen LogP contribution in [0.4, 0.5) is 0 Å². The van der Waals surface area contributed by atoms with Gasteiger partial charge < -0.3 is 20.5 Å². The van der Waals surface area contributed by atoms with Crippen LogP contribution in [0.25, 0.3) is 0 Å². The molecule has 0 saturated heterocycles. The summed E-state index contributed by atoms with van der Waals surface area (Å²) in [5.41, 5.74) is 6.10. The van der Waals surface area contributed by atoms with Gasteiger partial charge in [-0.15, -0.1) is 0 Å². The van der Waals surface area contributed by atoms with Gasteiger partial charge in [-0.2, -0.15) is 0 Å². The van der Waals surface area contributed by atoms with Crippen molar-refractivity contribution in [1.82, 2.24) is 5.32 Å². The largest absolute Gasteiger partial charge is 0.493 e. The maximum absolute atomic E-state index is 10.7. The molecule has 1 aromatic rings. The highest BCUT2D eigenvalue weighted by Gasteiger charge is 2.06. The van der Waals surface area contributed by atoms with E-state index >= 15 is 0 Å². The van der Waals surface area contributed by atoms with Crippen LogP contribution < -0.4 is 20.5 Å². The van der Waals surface area contributed by atoms with Crippen molar-refractivity contribution >= 4 is 5.91 Å². The van der Waals surface area contributed by atoms with E-state index in [1.54, 1.807) is 7.11 Å². The molecule has 0 aromatic heterocycles. The van der Waals surface area contributed by atoms with Gasteiger partial charge in [-0.3, -0.25) is 4.79 Å². The lowest BCUT2D eigenvalue weighted by atomic mass is 10.2. The molecule has 0 atom stereocenters. The Morgan fingerprint density at radius 2 is 2.18 bits per heavy atom. The van der Waals surface area contributed by atoms with Crippen LogP contribution in [0, 0.1) is 0 Å². The maximum Gasteiger partial charge on any atom is 0.255 e. The van der Waals surface area contributed by atoms with Crippen molar-refractivity contribution in [1.29, 1.82) is 0 Å². The molecule has 0 spiro atoms. The second kappa shape index (κ2) is 6.75. The van der Waals surface area contributed by atoms with Gasteiger partial charge in [0.1, 0.15) is 0 Å². The lowest BCUT2D eigenvalue weighted by Crippen LogP contribution is -2.20. The number of methoxy groups -OCH3 is 1. The molecule has 0 aliphatic carbocycles. The number of ether oxygens (including phenoxy) is 2. The Kier molecular flexibility index (Phi) is 5.29. The minimum absolute atomic E-state index is 0.152. The molecule has 94 valence electrons. The fraction of sp³-hybridized carbons (Fsp3) is 0.417. The first-order chi connectivity index (χ1) is 8.17. The zero-order valence-electron chi connectivity index (χ0n) is 10.2. The number of hydrogen-bond donors (Lipinski definition) is 2. The first-order valence-electron chi connectivity index (χ1n) is 5.46. The summed E-state index contributed by atoms with van der Waals surface area (Å²) < 4.78 is 10.4. The summed E-state index contributed by atoms with van der Waals surface area (Å²) in [6.07, 6.45) is 0. The highest BCUT2D eigenvalue weighted by Crippen LogP contribution is 2.27. The van der Waals surface area contributed by atoms with E-state index in [2.05, 4.69) is 5.32 Å². The van der Waals surface area contributed by atoms with Crippen molar-refractivity contribution in [3.8, 4) is 11.5 Å². The molecule has 0 fully saturated rings. The smallest absolute Gasteiger partial charge is 0.255 e. The van der Waals surface area contributed by atoms with Crippen LogP contribution in [0.15, 0.2) is 18.2 Å². The monoisotopic (exact) mass is 238 g/mol. The molecule has 1 aromatic carbocycles. The van der Waals surface area contributed by atoms with Crippen molar-refractivity contribution in [2.75, 3.05) is 20.3 Å². The first-order valence-corrected chi connectivity index (χ1v) is 5.46. The summed E-state index contributed by atoms with van der Waals surface area (Å²) in [6, 6.07) is 5.59. The second-order valence-electron chi connectivity index (χ2n) is 3.52. The molecule has 5 nitrogen and oxygen atoms in total. The zero-order chi connectivity index (χ0) is 12.7. The fourth-order valence-electron chi connectivity index (χ4n) is 1.36. The summed E-state index contributed by atoms with van der Waals surface area (Å²) in [5, 5.41) is 3.21. The fourth-order valence-corrected chi connectivity index (χ4v) is 1.36. The predicted molar refractivity (Wildman–Crippen MR) is 65.1 cm³/mol. The third-order valence-corrected chi connectivity index (χ3v) is 2.18. The summed E-state index contributed by atoms with van der Waals surface area (Å²) in [6.45, 7) is 3.52. The summed E-state index contributed by atoms with van der Waals surface area (Å²) >= 11 is 0. The molecule has 3 N–H and O–H groups in total. The Labute approximate surface area is 101 Å². The Morgan fingerprint density at radius 3 is 2.76 bits per heavy atom. The molecule has 0 heterocycles. The molecule has 17 heavy (non-hydrogen) atoms. The Morgan fingerprint density at radius 1 is 1.41 bits per heavy atom. The highest BCUT2D eigenvalue weighted by atomic mass is 16.5. The van der Waals surface area contributed by atoms with Gasteiger partial charge in [0, 0.05) is 6.54 Å². The number of carbonyl (C=O) groups excluding carboxylic acids is 1. The predicted octanol–water partition coefficient (Wildman–Crippen LogP) is 0.669. The van der Waals surface area contributed by atoms with Gasteiger partial charge in [0.2, 0.25) is 0 Å². The minimum Gasteiger partial charge on any atom is -0.493 e. The van der Waals surface area contributed by atoms with Crippen LogP contribution in [0.5, 0.6) is 11.5 Å². The van der Waals surface area contributed by atoms with Crippen LogP contribution in [0.1, 0.15) is 12.5 Å². The van der Waals surface area contributed by atoms with Crippen molar-refractivity contribution in [2.24, 2.45) is 5.73 Å². The van der Waals surface area contributed by atoms with E-state index < -0.39 is 5.91 Å². The quantitative estimate of drug-likeness (QED) is 0.732. The van der Waals surface area contributed by atoms with E-state index in [1.165, 1.54) is 0 Å². The minimum atomic E-state index is -0.510. The molecular weight excluding hydrogens is 220 g/mol. The molecule has 0 saturated carbocycles. The number of nitrogens with one attached hydrogen (secondary N) is 1. The van der Waals surface area contributed by atoms with Gasteiger partial charge in [-0.1, -0.05) is 13.0 Å². The number of hydrogen-bond acceptors (Lipinski definition) is 4. The molecular formula is C12H18N2O3. The Bertz CT molecular complexity index is 380. The van der Waals surface area contributed by atoms with E-state index in [4.69, 9.17) is 15.2 Å². The number of benzene rings is 1. The van der Waals surface area contributed by atoms with E-state index in [0.29, 0.717) is 11.5 Å². The van der Waals surface area contributed by atoms with Crippen LogP contribution in [-0.2, 0) is 11.3 Å². The van der Waals surface area contributed by atoms with Gasteiger partial charge >= 0.3 is 0 Å². The third kappa shape index (κ3) is 4.32. The lowest BCUT2D eigenvalue weighted by molar-refractivity contribution is -0.119. The van der Waals surface area contributed by atoms with Gasteiger partial charge in [0.25, 0.3) is 5.91 Å². The highest BCUT2D eigenvalue weighted by molar-refractivity contribution is 5.75. The number of rotatable bonds is 7. The molecule has 0 unspecified atom stereocenters. The zero-order valence-corrected chi connectivity index (χ0v) is 10.2. The molecule has 0 aliphatic heterocycles. The molecule has 0 aliphatic rings. The van der Waals surface area contributed by atoms with E-state index in [9.17, 15) is 4.79 Å². The first kappa shape index (κ1) is 13.3. The average molecular weight is 238 g/mol. The van der Waals surface area contributed by atoms with Gasteiger partial charge in [-0.25, -0.2) is 0 Å². The number of nitrogens with two attached hydrogens (primary N) is 1. The van der Waals surface area contributed by atoms with Crippen molar-refractivity contribution in [3.63, 3.8) is 0 Å². The number of primary amides is 1. The maximum atomic E-state index is 10.7. The molecule has 1 rings (SSSR count). The van der Waals surface area contributed by atoms with E-state index in [0.717, 1.165) is 18.7 Å². The molecule has 5 heteroatoms. The van der Waals surface area contributed by atoms with Crippen molar-refractivity contribution < 1.29 is 14.3 Å². The topological polar surface area (TPSA) is 73.6 Å². The molecule has 0 radical (unpaired) electrons. The van der Waals surface area contributed by atoms with Gasteiger partial charge in [0.05, 0.1) is 7.11 Å². The second-order valence-corrected chi connectivity index (χ2v) is 3.52. The van der Waals surface area contributed by atoms with Crippen molar-refractivity contribution in [3.05, 3.63) is 23.8 Å². The molecule has 0 bridgehead atoms. The summed E-state index contributed by atoms with van der Waals surface area (Å²) in [7, 11) is 1.55.